The van der Waals surface area contributed by atoms with Crippen LogP contribution >= 0.6 is 0 Å². The normalized spacial score (nSPS) is 13.0. The van der Waals surface area contributed by atoms with Gasteiger partial charge in [0.1, 0.15) is 18.5 Å². The van der Waals surface area contributed by atoms with Crippen molar-refractivity contribution in [3.8, 4) is 17.2 Å². The van der Waals surface area contributed by atoms with E-state index in [4.69, 9.17) is 14.2 Å². The highest BCUT2D eigenvalue weighted by Crippen LogP contribution is 2.31. The third-order valence-electron chi connectivity index (χ3n) is 5.28. The highest BCUT2D eigenvalue weighted by atomic mass is 32.2. The summed E-state index contributed by atoms with van der Waals surface area (Å²) in [5, 5.41) is 11.7. The van der Waals surface area contributed by atoms with E-state index >= 15 is 0 Å². The zero-order valence-electron chi connectivity index (χ0n) is 19.7. The van der Waals surface area contributed by atoms with Crippen LogP contribution in [0.25, 0.3) is 10.9 Å². The molecule has 0 saturated carbocycles. The molecule has 8 nitrogen and oxygen atoms in total. The van der Waals surface area contributed by atoms with Crippen molar-refractivity contribution in [1.29, 1.82) is 0 Å². The van der Waals surface area contributed by atoms with Crippen LogP contribution in [-0.2, 0) is 17.1 Å². The Balaban J connectivity index is 1.74. The number of benzene rings is 2. The molecule has 0 spiro atoms. The molecule has 3 rings (SSSR count). The van der Waals surface area contributed by atoms with Gasteiger partial charge in [-0.05, 0) is 42.3 Å². The van der Waals surface area contributed by atoms with E-state index in [1.54, 1.807) is 6.07 Å². The number of aliphatic hydroxyl groups is 1. The maximum absolute atomic E-state index is 13.4. The first-order valence-electron chi connectivity index (χ1n) is 10.7. The van der Waals surface area contributed by atoms with Crippen molar-refractivity contribution >= 4 is 20.9 Å². The van der Waals surface area contributed by atoms with Crippen LogP contribution in [0.5, 0.6) is 17.2 Å². The SMILES string of the molecule is COc1ccc(S(=O)(=O)N(CC(C)C)C[C@@H](O)COc2ccc3c(ccn3C)c2)cc1OC. The van der Waals surface area contributed by atoms with Gasteiger partial charge in [0, 0.05) is 43.3 Å². The van der Waals surface area contributed by atoms with Crippen LogP contribution < -0.4 is 14.2 Å². The first-order valence-corrected chi connectivity index (χ1v) is 12.2. The minimum Gasteiger partial charge on any atom is -0.493 e. The molecule has 0 unspecified atom stereocenters. The summed E-state index contributed by atoms with van der Waals surface area (Å²) in [5.74, 6) is 1.44. The number of methoxy groups -OCH3 is 2. The lowest BCUT2D eigenvalue weighted by molar-refractivity contribution is 0.0873. The number of hydrogen-bond donors (Lipinski definition) is 1. The van der Waals surface area contributed by atoms with Gasteiger partial charge in [0.15, 0.2) is 11.5 Å². The maximum atomic E-state index is 13.4. The van der Waals surface area contributed by atoms with Gasteiger partial charge in [-0.25, -0.2) is 8.42 Å². The summed E-state index contributed by atoms with van der Waals surface area (Å²) in [4.78, 5) is 0.0726. The number of ether oxygens (including phenoxy) is 3. The van der Waals surface area contributed by atoms with E-state index in [2.05, 4.69) is 0 Å². The molecule has 180 valence electrons. The number of aliphatic hydroxyl groups excluding tert-OH is 1. The smallest absolute Gasteiger partial charge is 0.243 e. The number of aromatic nitrogens is 1. The molecule has 1 N–H and O–H groups in total. The van der Waals surface area contributed by atoms with Crippen molar-refractivity contribution in [2.75, 3.05) is 33.9 Å². The van der Waals surface area contributed by atoms with Crippen molar-refractivity contribution in [2.45, 2.75) is 24.8 Å². The van der Waals surface area contributed by atoms with E-state index in [0.717, 1.165) is 10.9 Å². The Hall–Kier alpha value is -2.75. The largest absolute Gasteiger partial charge is 0.493 e. The summed E-state index contributed by atoms with van der Waals surface area (Å²) >= 11 is 0. The van der Waals surface area contributed by atoms with Crippen LogP contribution in [0.2, 0.25) is 0 Å². The van der Waals surface area contributed by atoms with Gasteiger partial charge in [-0.15, -0.1) is 0 Å². The number of rotatable bonds is 11. The van der Waals surface area contributed by atoms with E-state index in [1.807, 2.05) is 55.9 Å². The molecule has 0 amide bonds. The van der Waals surface area contributed by atoms with Crippen LogP contribution in [0, 0.1) is 5.92 Å². The van der Waals surface area contributed by atoms with Gasteiger partial charge in [0.05, 0.1) is 19.1 Å². The van der Waals surface area contributed by atoms with Crippen molar-refractivity contribution in [2.24, 2.45) is 13.0 Å². The molecule has 0 bridgehead atoms. The van der Waals surface area contributed by atoms with E-state index in [1.165, 1.54) is 30.7 Å². The van der Waals surface area contributed by atoms with E-state index < -0.39 is 16.1 Å². The van der Waals surface area contributed by atoms with Gasteiger partial charge >= 0.3 is 0 Å². The third kappa shape index (κ3) is 5.79. The number of aryl methyl sites for hydroxylation is 1. The molecule has 1 aromatic heterocycles. The highest BCUT2D eigenvalue weighted by molar-refractivity contribution is 7.89. The Kier molecular flexibility index (Phi) is 7.88. The Labute approximate surface area is 195 Å². The Morgan fingerprint density at radius 3 is 2.39 bits per heavy atom. The number of nitrogens with zero attached hydrogens (tertiary/aromatic N) is 2. The summed E-state index contributed by atoms with van der Waals surface area (Å²) in [6.07, 6.45) is 0.955. The Morgan fingerprint density at radius 1 is 1.00 bits per heavy atom. The average Bonchev–Trinajstić information content (AvgIpc) is 3.16. The summed E-state index contributed by atoms with van der Waals surface area (Å²) in [6.45, 7) is 3.98. The molecule has 0 aliphatic heterocycles. The van der Waals surface area contributed by atoms with Crippen LogP contribution in [0.1, 0.15) is 13.8 Å². The fourth-order valence-corrected chi connectivity index (χ4v) is 5.29. The molecule has 1 heterocycles. The van der Waals surface area contributed by atoms with Gasteiger partial charge < -0.3 is 23.9 Å². The number of fused-ring (bicyclic) bond motifs is 1. The number of sulfonamides is 1. The lowest BCUT2D eigenvalue weighted by Crippen LogP contribution is -2.41. The second kappa shape index (κ2) is 10.5. The topological polar surface area (TPSA) is 90.2 Å². The molecule has 2 aromatic carbocycles. The summed E-state index contributed by atoms with van der Waals surface area (Å²) in [7, 11) is 1.03. The van der Waals surface area contributed by atoms with Gasteiger partial charge in [-0.3, -0.25) is 0 Å². The molecule has 33 heavy (non-hydrogen) atoms. The summed E-state index contributed by atoms with van der Waals surface area (Å²) in [5.41, 5.74) is 1.08. The van der Waals surface area contributed by atoms with Gasteiger partial charge in [0.25, 0.3) is 0 Å². The van der Waals surface area contributed by atoms with Crippen molar-refractivity contribution in [3.05, 3.63) is 48.7 Å². The Bertz CT molecular complexity index is 1190. The molecule has 0 aliphatic rings. The maximum Gasteiger partial charge on any atom is 0.243 e. The minimum atomic E-state index is -3.88. The van der Waals surface area contributed by atoms with E-state index in [0.29, 0.717) is 17.2 Å². The molecule has 0 saturated heterocycles. The third-order valence-corrected chi connectivity index (χ3v) is 7.10. The molecule has 9 heteroatoms. The van der Waals surface area contributed by atoms with E-state index in [-0.39, 0.29) is 30.5 Å². The lowest BCUT2D eigenvalue weighted by atomic mass is 10.2. The molecule has 3 aromatic rings. The van der Waals surface area contributed by atoms with E-state index in [9.17, 15) is 13.5 Å². The van der Waals surface area contributed by atoms with Gasteiger partial charge in [0.2, 0.25) is 10.0 Å². The summed E-state index contributed by atoms with van der Waals surface area (Å²) < 4.78 is 46.3. The van der Waals surface area contributed by atoms with Crippen LogP contribution in [0.4, 0.5) is 0 Å². The second-order valence-electron chi connectivity index (χ2n) is 8.34. The standard InChI is InChI=1S/C24H32N2O6S/c1-17(2)14-26(33(28,29)21-7-9-23(30-4)24(13-21)31-5)15-19(27)16-32-20-6-8-22-18(12-20)10-11-25(22)3/h6-13,17,19,27H,14-16H2,1-5H3/t19-/m1/s1. The van der Waals surface area contributed by atoms with Gasteiger partial charge in [-0.2, -0.15) is 4.31 Å². The zero-order valence-corrected chi connectivity index (χ0v) is 20.5. The van der Waals surface area contributed by atoms with Crippen molar-refractivity contribution in [1.82, 2.24) is 8.87 Å². The zero-order chi connectivity index (χ0) is 24.2. The first-order chi connectivity index (χ1) is 15.6. The molecule has 1 atom stereocenters. The molecule has 0 radical (unpaired) electrons. The molecular formula is C24H32N2O6S. The fourth-order valence-electron chi connectivity index (χ4n) is 3.63. The van der Waals surface area contributed by atoms with Crippen LogP contribution in [-0.4, -0.2) is 62.4 Å². The van der Waals surface area contributed by atoms with Crippen LogP contribution in [0.3, 0.4) is 0 Å². The second-order valence-corrected chi connectivity index (χ2v) is 10.3. The predicted octanol–water partition coefficient (Wildman–Crippen LogP) is 3.28. The highest BCUT2D eigenvalue weighted by Gasteiger charge is 2.28. The first kappa shape index (κ1) is 24.9. The molecular weight excluding hydrogens is 444 g/mol. The predicted molar refractivity (Wildman–Crippen MR) is 128 cm³/mol. The van der Waals surface area contributed by atoms with Crippen LogP contribution in [0.15, 0.2) is 53.6 Å². The monoisotopic (exact) mass is 476 g/mol. The van der Waals surface area contributed by atoms with Crippen molar-refractivity contribution in [3.63, 3.8) is 0 Å². The summed E-state index contributed by atoms with van der Waals surface area (Å²) in [6, 6.07) is 12.1. The molecule has 0 aliphatic carbocycles. The molecule has 0 fully saturated rings. The quantitative estimate of drug-likeness (QED) is 0.457. The minimum absolute atomic E-state index is 0.0333. The fraction of sp³-hybridized carbons (Fsp3) is 0.417. The number of hydrogen-bond acceptors (Lipinski definition) is 6. The lowest BCUT2D eigenvalue weighted by Gasteiger charge is -2.26. The average molecular weight is 477 g/mol. The van der Waals surface area contributed by atoms with Crippen molar-refractivity contribution < 1.29 is 27.7 Å². The Morgan fingerprint density at radius 2 is 1.73 bits per heavy atom. The van der Waals surface area contributed by atoms with Gasteiger partial charge in [-0.1, -0.05) is 13.8 Å².